The molecule has 0 bridgehead atoms. The van der Waals surface area contributed by atoms with Gasteiger partial charge in [-0.2, -0.15) is 0 Å². The molecular formula is C14H14O4. The van der Waals surface area contributed by atoms with Crippen molar-refractivity contribution in [3.8, 4) is 17.2 Å². The van der Waals surface area contributed by atoms with E-state index in [9.17, 15) is 20.1 Å². The Balaban J connectivity index is 2.69. The first-order valence-corrected chi connectivity index (χ1v) is 5.75. The Morgan fingerprint density at radius 1 is 1.11 bits per heavy atom. The number of benzene rings is 2. The average molecular weight is 246 g/mol. The van der Waals surface area contributed by atoms with Crippen molar-refractivity contribution in [2.75, 3.05) is 0 Å². The van der Waals surface area contributed by atoms with Crippen molar-refractivity contribution in [1.82, 2.24) is 0 Å². The second-order valence-corrected chi connectivity index (χ2v) is 4.19. The first-order valence-electron chi connectivity index (χ1n) is 5.75. The van der Waals surface area contributed by atoms with Crippen LogP contribution < -0.4 is 0 Å². The molecular weight excluding hydrogens is 232 g/mol. The fourth-order valence-corrected chi connectivity index (χ4v) is 1.95. The van der Waals surface area contributed by atoms with E-state index in [0.29, 0.717) is 23.6 Å². The van der Waals surface area contributed by atoms with Crippen LogP contribution in [0.3, 0.4) is 0 Å². The smallest absolute Gasteiger partial charge is 0.166 e. The van der Waals surface area contributed by atoms with Gasteiger partial charge in [0.05, 0.1) is 5.56 Å². The van der Waals surface area contributed by atoms with Gasteiger partial charge in [0.25, 0.3) is 0 Å². The molecule has 2 aromatic rings. The highest BCUT2D eigenvalue weighted by molar-refractivity contribution is 6.06. The summed E-state index contributed by atoms with van der Waals surface area (Å²) in [5.41, 5.74) is 0.118. The van der Waals surface area contributed by atoms with Crippen LogP contribution in [-0.4, -0.2) is 21.1 Å². The maximum absolute atomic E-state index is 11.8. The van der Waals surface area contributed by atoms with Gasteiger partial charge in [0, 0.05) is 17.2 Å². The quantitative estimate of drug-likeness (QED) is 0.574. The number of hydrogen-bond acceptors (Lipinski definition) is 4. The summed E-state index contributed by atoms with van der Waals surface area (Å²) < 4.78 is 0. The Morgan fingerprint density at radius 2 is 1.83 bits per heavy atom. The minimum Gasteiger partial charge on any atom is -0.508 e. The lowest BCUT2D eigenvalue weighted by Gasteiger charge is -2.09. The first-order chi connectivity index (χ1) is 8.54. The molecule has 0 aliphatic rings. The van der Waals surface area contributed by atoms with E-state index in [1.165, 1.54) is 24.3 Å². The SMILES string of the molecule is CCCC(=O)c1cc(O)c2cc(O)ccc2c1O. The normalized spacial score (nSPS) is 10.7. The van der Waals surface area contributed by atoms with Gasteiger partial charge in [-0.25, -0.2) is 0 Å². The summed E-state index contributed by atoms with van der Waals surface area (Å²) in [5, 5.41) is 29.9. The summed E-state index contributed by atoms with van der Waals surface area (Å²) >= 11 is 0. The highest BCUT2D eigenvalue weighted by Gasteiger charge is 2.16. The van der Waals surface area contributed by atoms with Gasteiger partial charge in [-0.05, 0) is 30.7 Å². The molecule has 0 aliphatic heterocycles. The zero-order valence-corrected chi connectivity index (χ0v) is 9.97. The maximum atomic E-state index is 11.8. The zero-order chi connectivity index (χ0) is 13.3. The number of phenolic OH excluding ortho intramolecular Hbond substituents is 3. The molecule has 0 heterocycles. The summed E-state index contributed by atoms with van der Waals surface area (Å²) in [6, 6.07) is 5.46. The molecule has 0 unspecified atom stereocenters. The third kappa shape index (κ3) is 1.97. The number of fused-ring (bicyclic) bond motifs is 1. The highest BCUT2D eigenvalue weighted by atomic mass is 16.3. The molecule has 0 saturated carbocycles. The molecule has 4 nitrogen and oxygen atoms in total. The van der Waals surface area contributed by atoms with E-state index in [2.05, 4.69) is 0 Å². The molecule has 2 rings (SSSR count). The molecule has 0 atom stereocenters. The summed E-state index contributed by atoms with van der Waals surface area (Å²) in [6.07, 6.45) is 0.989. The van der Waals surface area contributed by atoms with Crippen molar-refractivity contribution < 1.29 is 20.1 Å². The van der Waals surface area contributed by atoms with Crippen LogP contribution in [0.5, 0.6) is 17.2 Å². The van der Waals surface area contributed by atoms with Crippen LogP contribution in [0.4, 0.5) is 0 Å². The van der Waals surface area contributed by atoms with E-state index < -0.39 is 0 Å². The zero-order valence-electron chi connectivity index (χ0n) is 9.97. The summed E-state index contributed by atoms with van der Waals surface area (Å²) in [6.45, 7) is 1.87. The molecule has 0 fully saturated rings. The van der Waals surface area contributed by atoms with Crippen LogP contribution in [-0.2, 0) is 0 Å². The summed E-state index contributed by atoms with van der Waals surface area (Å²) in [4.78, 5) is 11.8. The van der Waals surface area contributed by atoms with Crippen molar-refractivity contribution in [3.05, 3.63) is 29.8 Å². The fraction of sp³-hybridized carbons (Fsp3) is 0.214. The van der Waals surface area contributed by atoms with Gasteiger partial charge < -0.3 is 15.3 Å². The van der Waals surface area contributed by atoms with Gasteiger partial charge in [0.1, 0.15) is 17.2 Å². The van der Waals surface area contributed by atoms with E-state index in [1.807, 2.05) is 6.92 Å². The number of carbonyl (C=O) groups is 1. The molecule has 0 saturated heterocycles. The Morgan fingerprint density at radius 3 is 2.50 bits per heavy atom. The third-order valence-corrected chi connectivity index (χ3v) is 2.85. The summed E-state index contributed by atoms with van der Waals surface area (Å²) in [5.74, 6) is -0.496. The Labute approximate surface area is 104 Å². The lowest BCUT2D eigenvalue weighted by Crippen LogP contribution is -1.99. The van der Waals surface area contributed by atoms with Crippen molar-refractivity contribution in [3.63, 3.8) is 0 Å². The van der Waals surface area contributed by atoms with Crippen LogP contribution in [0, 0.1) is 0 Å². The number of carbonyl (C=O) groups excluding carboxylic acids is 1. The van der Waals surface area contributed by atoms with Crippen molar-refractivity contribution >= 4 is 16.6 Å². The monoisotopic (exact) mass is 246 g/mol. The Bertz CT molecular complexity index is 617. The molecule has 3 N–H and O–H groups in total. The molecule has 0 radical (unpaired) electrons. The van der Waals surface area contributed by atoms with E-state index in [1.54, 1.807) is 0 Å². The number of Topliss-reactive ketones (excluding diaryl/α,β-unsaturated/α-hetero) is 1. The number of aromatic hydroxyl groups is 3. The van der Waals surface area contributed by atoms with E-state index in [0.717, 1.165) is 0 Å². The van der Waals surface area contributed by atoms with Crippen LogP contribution in [0.15, 0.2) is 24.3 Å². The number of phenols is 3. The lowest BCUT2D eigenvalue weighted by molar-refractivity contribution is 0.0979. The Hall–Kier alpha value is -2.23. The first kappa shape index (κ1) is 12.2. The van der Waals surface area contributed by atoms with Gasteiger partial charge >= 0.3 is 0 Å². The average Bonchev–Trinajstić information content (AvgIpc) is 2.34. The standard InChI is InChI=1S/C14H14O4/c1-2-3-12(16)11-7-13(17)10-6-8(15)4-5-9(10)14(11)18/h4-7,15,17-18H,2-3H2,1H3. The predicted molar refractivity (Wildman–Crippen MR) is 68.2 cm³/mol. The van der Waals surface area contributed by atoms with E-state index in [4.69, 9.17) is 0 Å². The second-order valence-electron chi connectivity index (χ2n) is 4.19. The predicted octanol–water partition coefficient (Wildman–Crippen LogP) is 2.94. The topological polar surface area (TPSA) is 77.8 Å². The molecule has 0 amide bonds. The third-order valence-electron chi connectivity index (χ3n) is 2.85. The van der Waals surface area contributed by atoms with Gasteiger partial charge in [0.15, 0.2) is 5.78 Å². The minimum absolute atomic E-state index is 0.00941. The number of ketones is 1. The van der Waals surface area contributed by atoms with E-state index >= 15 is 0 Å². The minimum atomic E-state index is -0.208. The maximum Gasteiger partial charge on any atom is 0.166 e. The molecule has 0 spiro atoms. The van der Waals surface area contributed by atoms with Crippen LogP contribution >= 0.6 is 0 Å². The van der Waals surface area contributed by atoms with Gasteiger partial charge in [0.2, 0.25) is 0 Å². The van der Waals surface area contributed by atoms with Gasteiger partial charge in [-0.1, -0.05) is 6.92 Å². The number of hydrogen-bond donors (Lipinski definition) is 3. The lowest BCUT2D eigenvalue weighted by atomic mass is 9.99. The second kappa shape index (κ2) is 4.56. The fourth-order valence-electron chi connectivity index (χ4n) is 1.95. The molecule has 0 aliphatic carbocycles. The van der Waals surface area contributed by atoms with Crippen molar-refractivity contribution in [2.24, 2.45) is 0 Å². The highest BCUT2D eigenvalue weighted by Crippen LogP contribution is 2.37. The largest absolute Gasteiger partial charge is 0.508 e. The van der Waals surface area contributed by atoms with Crippen LogP contribution in [0.1, 0.15) is 30.1 Å². The molecule has 94 valence electrons. The van der Waals surface area contributed by atoms with Gasteiger partial charge in [-0.15, -0.1) is 0 Å². The molecule has 2 aromatic carbocycles. The van der Waals surface area contributed by atoms with Crippen molar-refractivity contribution in [2.45, 2.75) is 19.8 Å². The number of rotatable bonds is 3. The summed E-state index contributed by atoms with van der Waals surface area (Å²) in [7, 11) is 0. The molecule has 0 aromatic heterocycles. The molecule has 4 heteroatoms. The Kier molecular flexibility index (Phi) is 3.10. The van der Waals surface area contributed by atoms with Crippen molar-refractivity contribution in [1.29, 1.82) is 0 Å². The van der Waals surface area contributed by atoms with Crippen LogP contribution in [0.2, 0.25) is 0 Å². The van der Waals surface area contributed by atoms with Gasteiger partial charge in [-0.3, -0.25) is 4.79 Å². The molecule has 18 heavy (non-hydrogen) atoms. The van der Waals surface area contributed by atoms with Crippen LogP contribution in [0.25, 0.3) is 10.8 Å². The van der Waals surface area contributed by atoms with E-state index in [-0.39, 0.29) is 28.6 Å².